The van der Waals surface area contributed by atoms with Crippen LogP contribution in [0.3, 0.4) is 0 Å². The molecule has 6 aromatic rings. The molecule has 5 nitrogen and oxygen atoms in total. The second-order valence-electron chi connectivity index (χ2n) is 14.7. The summed E-state index contributed by atoms with van der Waals surface area (Å²) in [5, 5.41) is 9.47. The average Bonchev–Trinajstić information content (AvgIpc) is 3.52. The molecule has 0 radical (unpaired) electrons. The summed E-state index contributed by atoms with van der Waals surface area (Å²) in [6.07, 6.45) is 0. The van der Waals surface area contributed by atoms with Gasteiger partial charge in [-0.3, -0.25) is 14.4 Å². The molecule has 9 rings (SSSR count). The van der Waals surface area contributed by atoms with Crippen molar-refractivity contribution in [2.45, 2.75) is 38.5 Å². The minimum atomic E-state index is -1.12. The van der Waals surface area contributed by atoms with Gasteiger partial charge in [0, 0.05) is 53.2 Å². The highest BCUT2D eigenvalue weighted by Gasteiger charge is 2.39. The summed E-state index contributed by atoms with van der Waals surface area (Å²) in [7, 11) is 0. The Hall–Kier alpha value is -5.24. The number of carbonyl (C=O) groups is 4. The summed E-state index contributed by atoms with van der Waals surface area (Å²) in [5.74, 6) is -1.56. The number of carbonyl (C=O) groups excluding carboxylic acids is 3. The van der Waals surface area contributed by atoms with Crippen LogP contribution in [0, 0.1) is 0 Å². The van der Waals surface area contributed by atoms with Crippen molar-refractivity contribution in [3.63, 3.8) is 0 Å². The quantitative estimate of drug-likeness (QED) is 0.179. The molecule has 3 aliphatic rings. The third-order valence-electron chi connectivity index (χ3n) is 11.0. The first-order chi connectivity index (χ1) is 25.2. The molecule has 0 aliphatic heterocycles. The lowest BCUT2D eigenvalue weighted by Crippen LogP contribution is -2.23. The number of halogens is 2. The molecule has 3 aliphatic carbocycles. The fourth-order valence-corrected chi connectivity index (χ4v) is 8.93. The lowest BCUT2D eigenvalue weighted by atomic mass is 9.78. The van der Waals surface area contributed by atoms with Gasteiger partial charge < -0.3 is 5.11 Å². The summed E-state index contributed by atoms with van der Waals surface area (Å²) in [5.41, 5.74) is 11.5. The van der Waals surface area contributed by atoms with Crippen molar-refractivity contribution in [2.75, 3.05) is 0 Å². The fraction of sp³-hybridized carbons (Fsp3) is 0.130. The summed E-state index contributed by atoms with van der Waals surface area (Å²) in [4.78, 5) is 50.9. The van der Waals surface area contributed by atoms with E-state index in [9.17, 15) is 24.3 Å². The molecule has 0 fully saturated rings. The first-order valence-corrected chi connectivity index (χ1v) is 18.8. The number of hydrogen-bond donors (Lipinski definition) is 1. The van der Waals surface area contributed by atoms with Gasteiger partial charge in [0.05, 0.1) is 5.56 Å². The van der Waals surface area contributed by atoms with Crippen molar-refractivity contribution < 1.29 is 24.3 Å². The Bertz CT molecular complexity index is 2630. The van der Waals surface area contributed by atoms with Crippen LogP contribution in [0.1, 0.15) is 108 Å². The predicted octanol–water partition coefficient (Wildman–Crippen LogP) is 11.2. The van der Waals surface area contributed by atoms with Gasteiger partial charge in [-0.05, 0) is 99.1 Å². The van der Waals surface area contributed by atoms with Crippen molar-refractivity contribution in [2.24, 2.45) is 0 Å². The molecule has 0 heterocycles. The Morgan fingerprint density at radius 2 is 0.962 bits per heavy atom. The lowest BCUT2D eigenvalue weighted by Gasteiger charge is -2.24. The number of fused-ring (bicyclic) bond motifs is 8. The molecule has 0 aromatic heterocycles. The van der Waals surface area contributed by atoms with Crippen LogP contribution in [-0.2, 0) is 10.8 Å². The van der Waals surface area contributed by atoms with E-state index in [1.54, 1.807) is 30.3 Å². The zero-order chi connectivity index (χ0) is 37.6. The SMILES string of the molecule is CC1(C)c2ccccc2-c2cc3c(cc21)C(=O)c1ccc(Br)cc1C3=O.CC1(C)c2ccccc2-c2ccc(C(=O)c3ccc(Br)cc3C(=O)O)cc21. The highest BCUT2D eigenvalue weighted by atomic mass is 79.9. The third kappa shape index (κ3) is 5.40. The first-order valence-electron chi connectivity index (χ1n) is 17.2. The molecule has 7 heteroatoms. The molecule has 0 amide bonds. The van der Waals surface area contributed by atoms with Crippen LogP contribution in [0.4, 0.5) is 0 Å². The topological polar surface area (TPSA) is 88.5 Å². The molecule has 0 unspecified atom stereocenters. The molecule has 0 spiro atoms. The predicted molar refractivity (Wildman–Crippen MR) is 214 cm³/mol. The second kappa shape index (κ2) is 12.4. The largest absolute Gasteiger partial charge is 0.478 e. The minimum Gasteiger partial charge on any atom is -0.478 e. The van der Waals surface area contributed by atoms with E-state index in [0.29, 0.717) is 32.3 Å². The third-order valence-corrected chi connectivity index (χ3v) is 12.0. The summed E-state index contributed by atoms with van der Waals surface area (Å²) >= 11 is 6.67. The molecule has 0 saturated carbocycles. The van der Waals surface area contributed by atoms with E-state index in [1.165, 1.54) is 22.8 Å². The fourth-order valence-electron chi connectivity index (χ4n) is 8.21. The highest BCUT2D eigenvalue weighted by molar-refractivity contribution is 9.10. The highest BCUT2D eigenvalue weighted by Crippen LogP contribution is 2.51. The van der Waals surface area contributed by atoms with E-state index < -0.39 is 5.97 Å². The van der Waals surface area contributed by atoms with Crippen LogP contribution >= 0.6 is 31.9 Å². The summed E-state index contributed by atoms with van der Waals surface area (Å²) in [6, 6.07) is 36.0. The summed E-state index contributed by atoms with van der Waals surface area (Å²) < 4.78 is 1.43. The van der Waals surface area contributed by atoms with Crippen LogP contribution < -0.4 is 0 Å². The minimum absolute atomic E-state index is 0.00239. The van der Waals surface area contributed by atoms with Gasteiger partial charge in [-0.25, -0.2) is 4.79 Å². The Morgan fingerprint density at radius 1 is 0.472 bits per heavy atom. The Morgan fingerprint density at radius 3 is 1.62 bits per heavy atom. The zero-order valence-electron chi connectivity index (χ0n) is 29.3. The van der Waals surface area contributed by atoms with Crippen LogP contribution in [0.25, 0.3) is 22.3 Å². The maximum Gasteiger partial charge on any atom is 0.336 e. The molecule has 0 bridgehead atoms. The number of rotatable bonds is 3. The van der Waals surface area contributed by atoms with Crippen molar-refractivity contribution in [1.82, 2.24) is 0 Å². The molecular weight excluding hydrogens is 792 g/mol. The van der Waals surface area contributed by atoms with Gasteiger partial charge in [-0.2, -0.15) is 0 Å². The number of hydrogen-bond acceptors (Lipinski definition) is 4. The zero-order valence-corrected chi connectivity index (χ0v) is 32.5. The van der Waals surface area contributed by atoms with Crippen molar-refractivity contribution in [1.29, 1.82) is 0 Å². The second-order valence-corrected chi connectivity index (χ2v) is 16.5. The number of carboxylic acids is 1. The maximum atomic E-state index is 13.1. The smallest absolute Gasteiger partial charge is 0.336 e. The average molecular weight is 825 g/mol. The number of carboxylic acid groups (broad SMARTS) is 1. The van der Waals surface area contributed by atoms with E-state index in [0.717, 1.165) is 32.3 Å². The van der Waals surface area contributed by atoms with Gasteiger partial charge in [0.2, 0.25) is 0 Å². The first kappa shape index (κ1) is 34.8. The normalized spacial score (nSPS) is 14.8. The molecule has 6 aromatic carbocycles. The van der Waals surface area contributed by atoms with Gasteiger partial charge in [0.15, 0.2) is 17.3 Å². The van der Waals surface area contributed by atoms with E-state index in [1.807, 2.05) is 54.6 Å². The number of ketones is 3. The van der Waals surface area contributed by atoms with Crippen LogP contribution in [0.2, 0.25) is 0 Å². The van der Waals surface area contributed by atoms with E-state index >= 15 is 0 Å². The van der Waals surface area contributed by atoms with E-state index in [-0.39, 0.29) is 39.3 Å². The Kier molecular flexibility index (Phi) is 8.17. The standard InChI is InChI=1S/C23H17BrO3.C23H15BrO2/c1-23(2)19-6-4-3-5-15(19)16-9-7-13(11-20(16)23)21(25)17-10-8-14(24)12-18(17)22(26)27;1-23(2)19-6-4-3-5-13(19)15-10-17-18(11-20(15)23)21(25)14-8-7-12(24)9-16(14)22(17)26/h3-12H,1-2H3,(H,26,27);3-11H,1-2H3. The van der Waals surface area contributed by atoms with Crippen LogP contribution in [-0.4, -0.2) is 28.4 Å². The molecule has 260 valence electrons. The molecule has 0 saturated heterocycles. The van der Waals surface area contributed by atoms with Crippen LogP contribution in [0.15, 0.2) is 124 Å². The Labute approximate surface area is 324 Å². The molecular formula is C46H32Br2O5. The Balaban J connectivity index is 0.000000151. The van der Waals surface area contributed by atoms with E-state index in [2.05, 4.69) is 83.8 Å². The van der Waals surface area contributed by atoms with Gasteiger partial charge >= 0.3 is 5.97 Å². The van der Waals surface area contributed by atoms with Crippen molar-refractivity contribution >= 4 is 55.2 Å². The molecule has 1 N–H and O–H groups in total. The molecule has 53 heavy (non-hydrogen) atoms. The number of benzene rings is 6. The monoisotopic (exact) mass is 822 g/mol. The molecule has 0 atom stereocenters. The maximum absolute atomic E-state index is 13.1. The van der Waals surface area contributed by atoms with Gasteiger partial charge in [0.25, 0.3) is 0 Å². The van der Waals surface area contributed by atoms with Gasteiger partial charge in [0.1, 0.15) is 0 Å². The van der Waals surface area contributed by atoms with Gasteiger partial charge in [-0.15, -0.1) is 0 Å². The van der Waals surface area contributed by atoms with E-state index in [4.69, 9.17) is 0 Å². The lowest BCUT2D eigenvalue weighted by molar-refractivity contribution is 0.0692. The van der Waals surface area contributed by atoms with Crippen molar-refractivity contribution in [3.8, 4) is 22.3 Å². The van der Waals surface area contributed by atoms with Crippen LogP contribution in [0.5, 0.6) is 0 Å². The van der Waals surface area contributed by atoms with Crippen molar-refractivity contribution in [3.05, 3.63) is 185 Å². The van der Waals surface area contributed by atoms with Gasteiger partial charge in [-0.1, -0.05) is 120 Å². The number of aromatic carboxylic acids is 1. The summed E-state index contributed by atoms with van der Waals surface area (Å²) in [6.45, 7) is 8.64.